The summed E-state index contributed by atoms with van der Waals surface area (Å²) in [5.74, 6) is -1.21. The smallest absolute Gasteiger partial charge is 0.135 e. The number of rotatable bonds is 2. The van der Waals surface area contributed by atoms with E-state index in [9.17, 15) is 8.78 Å². The molecule has 1 atom stereocenters. The Kier molecular flexibility index (Phi) is 3.61. The zero-order chi connectivity index (χ0) is 14.8. The monoisotopic (exact) mass is 285 g/mol. The van der Waals surface area contributed by atoms with Crippen molar-refractivity contribution in [2.45, 2.75) is 31.6 Å². The predicted octanol–water partition coefficient (Wildman–Crippen LogP) is 3.76. The Morgan fingerprint density at radius 1 is 1.24 bits per heavy atom. The number of hydrogen-bond donors (Lipinski definition) is 0. The number of fused-ring (bicyclic) bond motifs is 1. The van der Waals surface area contributed by atoms with Crippen LogP contribution in [0.5, 0.6) is 0 Å². The van der Waals surface area contributed by atoms with Crippen LogP contribution in [-0.4, -0.2) is 10.2 Å². The topological polar surface area (TPSA) is 49.6 Å². The Balaban J connectivity index is 2.06. The maximum Gasteiger partial charge on any atom is 0.135 e. The molecular weight excluding hydrogens is 272 g/mol. The van der Waals surface area contributed by atoms with Gasteiger partial charge in [0, 0.05) is 12.3 Å². The highest BCUT2D eigenvalue weighted by Gasteiger charge is 2.24. The molecule has 3 nitrogen and oxygen atoms in total. The van der Waals surface area contributed by atoms with Crippen LogP contribution in [0.4, 0.5) is 8.78 Å². The van der Waals surface area contributed by atoms with Gasteiger partial charge in [0.15, 0.2) is 0 Å². The summed E-state index contributed by atoms with van der Waals surface area (Å²) in [5.41, 5.74) is 1.80. The first-order chi connectivity index (χ1) is 10.2. The van der Waals surface area contributed by atoms with Crippen LogP contribution in [0.1, 0.15) is 36.4 Å². The van der Waals surface area contributed by atoms with E-state index in [2.05, 4.69) is 16.3 Å². The lowest BCUT2D eigenvalue weighted by Crippen LogP contribution is -2.13. The Morgan fingerprint density at radius 2 is 2.00 bits per heavy atom. The average Bonchev–Trinajstić information content (AvgIpc) is 2.47. The SMILES string of the molecule is N#CCC1CCCc2cc(-c3c(F)cccc3F)nnc21. The third-order valence-corrected chi connectivity index (χ3v) is 3.85. The van der Waals surface area contributed by atoms with Gasteiger partial charge in [-0.05, 0) is 43.0 Å². The predicted molar refractivity (Wildman–Crippen MR) is 73.3 cm³/mol. The second kappa shape index (κ2) is 5.57. The standard InChI is InChI=1S/C16H13F2N3/c17-12-5-2-6-13(18)15(12)14-9-11-4-1-3-10(7-8-19)16(11)21-20-14/h2,5-6,9-10H,1,3-4,7H2. The maximum atomic E-state index is 13.8. The van der Waals surface area contributed by atoms with Crippen LogP contribution in [0.25, 0.3) is 11.3 Å². The van der Waals surface area contributed by atoms with Crippen LogP contribution < -0.4 is 0 Å². The fraction of sp³-hybridized carbons (Fsp3) is 0.312. The molecule has 0 fully saturated rings. The Morgan fingerprint density at radius 3 is 2.71 bits per heavy atom. The van der Waals surface area contributed by atoms with Crippen molar-refractivity contribution in [2.24, 2.45) is 0 Å². The van der Waals surface area contributed by atoms with Gasteiger partial charge in [-0.2, -0.15) is 15.5 Å². The molecule has 21 heavy (non-hydrogen) atoms. The van der Waals surface area contributed by atoms with E-state index in [0.717, 1.165) is 30.5 Å². The lowest BCUT2D eigenvalue weighted by molar-refractivity contribution is 0.537. The van der Waals surface area contributed by atoms with E-state index in [1.807, 2.05) is 0 Å². The Bertz CT molecular complexity index is 702. The van der Waals surface area contributed by atoms with Crippen LogP contribution in [-0.2, 0) is 6.42 Å². The minimum atomic E-state index is -0.645. The first kappa shape index (κ1) is 13.6. The summed E-state index contributed by atoms with van der Waals surface area (Å²) >= 11 is 0. The van der Waals surface area contributed by atoms with Crippen molar-refractivity contribution in [2.75, 3.05) is 0 Å². The van der Waals surface area contributed by atoms with E-state index in [1.54, 1.807) is 6.07 Å². The van der Waals surface area contributed by atoms with Crippen LogP contribution in [0.3, 0.4) is 0 Å². The molecule has 0 bridgehead atoms. The van der Waals surface area contributed by atoms with Gasteiger partial charge in [-0.25, -0.2) is 8.78 Å². The molecule has 2 aromatic rings. The molecule has 1 unspecified atom stereocenters. The summed E-state index contributed by atoms with van der Waals surface area (Å²) < 4.78 is 27.6. The lowest BCUT2D eigenvalue weighted by atomic mass is 9.85. The van der Waals surface area contributed by atoms with Crippen molar-refractivity contribution in [3.63, 3.8) is 0 Å². The molecule has 1 aromatic carbocycles. The summed E-state index contributed by atoms with van der Waals surface area (Å²) in [6.07, 6.45) is 3.05. The number of hydrogen-bond acceptors (Lipinski definition) is 3. The molecule has 0 amide bonds. The van der Waals surface area contributed by atoms with E-state index in [4.69, 9.17) is 5.26 Å². The molecule has 1 aromatic heterocycles. The molecule has 1 heterocycles. The number of nitrogens with zero attached hydrogens (tertiary/aromatic N) is 3. The second-order valence-electron chi connectivity index (χ2n) is 5.19. The van der Waals surface area contributed by atoms with E-state index >= 15 is 0 Å². The van der Waals surface area contributed by atoms with E-state index in [1.165, 1.54) is 18.2 Å². The van der Waals surface area contributed by atoms with Gasteiger partial charge in [0.1, 0.15) is 11.6 Å². The van der Waals surface area contributed by atoms with Crippen molar-refractivity contribution < 1.29 is 8.78 Å². The van der Waals surface area contributed by atoms with Gasteiger partial charge >= 0.3 is 0 Å². The van der Waals surface area contributed by atoms with Crippen LogP contribution in [0.15, 0.2) is 24.3 Å². The highest BCUT2D eigenvalue weighted by atomic mass is 19.1. The van der Waals surface area contributed by atoms with Crippen LogP contribution in [0, 0.1) is 23.0 Å². The molecule has 0 saturated carbocycles. The second-order valence-corrected chi connectivity index (χ2v) is 5.19. The third kappa shape index (κ3) is 2.49. The van der Waals surface area contributed by atoms with Crippen molar-refractivity contribution in [3.05, 3.63) is 47.2 Å². The minimum absolute atomic E-state index is 0.0748. The summed E-state index contributed by atoms with van der Waals surface area (Å²) in [6, 6.07) is 7.59. The molecular formula is C16H13F2N3. The zero-order valence-corrected chi connectivity index (χ0v) is 11.3. The van der Waals surface area contributed by atoms with Gasteiger partial charge in [-0.1, -0.05) is 6.07 Å². The first-order valence-electron chi connectivity index (χ1n) is 6.88. The fourth-order valence-electron chi connectivity index (χ4n) is 2.83. The molecule has 0 radical (unpaired) electrons. The lowest BCUT2D eigenvalue weighted by Gasteiger charge is -2.22. The molecule has 0 N–H and O–H groups in total. The molecule has 0 aliphatic heterocycles. The van der Waals surface area contributed by atoms with Gasteiger partial charge in [-0.15, -0.1) is 0 Å². The average molecular weight is 285 g/mol. The Labute approximate surface area is 121 Å². The van der Waals surface area contributed by atoms with Gasteiger partial charge < -0.3 is 0 Å². The van der Waals surface area contributed by atoms with E-state index in [0.29, 0.717) is 6.42 Å². The maximum absolute atomic E-state index is 13.8. The largest absolute Gasteiger partial charge is 0.206 e. The summed E-state index contributed by atoms with van der Waals surface area (Å²) in [5, 5.41) is 17.0. The number of aryl methyl sites for hydroxylation is 1. The third-order valence-electron chi connectivity index (χ3n) is 3.85. The summed E-state index contributed by atoms with van der Waals surface area (Å²) in [4.78, 5) is 0. The highest BCUT2D eigenvalue weighted by molar-refractivity contribution is 5.61. The zero-order valence-electron chi connectivity index (χ0n) is 11.3. The molecule has 0 spiro atoms. The summed E-state index contributed by atoms with van der Waals surface area (Å²) in [7, 11) is 0. The van der Waals surface area contributed by atoms with Gasteiger partial charge in [0.2, 0.25) is 0 Å². The van der Waals surface area contributed by atoms with Crippen molar-refractivity contribution in [1.82, 2.24) is 10.2 Å². The van der Waals surface area contributed by atoms with Gasteiger partial charge in [0.25, 0.3) is 0 Å². The van der Waals surface area contributed by atoms with E-state index < -0.39 is 11.6 Å². The molecule has 1 aliphatic rings. The van der Waals surface area contributed by atoms with Gasteiger partial charge in [-0.3, -0.25) is 0 Å². The number of aromatic nitrogens is 2. The molecule has 3 rings (SSSR count). The quantitative estimate of drug-likeness (QED) is 0.844. The van der Waals surface area contributed by atoms with Gasteiger partial charge in [0.05, 0.1) is 23.0 Å². The van der Waals surface area contributed by atoms with Crippen molar-refractivity contribution in [3.8, 4) is 17.3 Å². The normalized spacial score (nSPS) is 17.1. The van der Waals surface area contributed by atoms with Crippen LogP contribution >= 0.6 is 0 Å². The molecule has 0 saturated heterocycles. The van der Waals surface area contributed by atoms with E-state index in [-0.39, 0.29) is 17.2 Å². The Hall–Kier alpha value is -2.35. The minimum Gasteiger partial charge on any atom is -0.206 e. The fourth-order valence-corrected chi connectivity index (χ4v) is 2.83. The first-order valence-corrected chi connectivity index (χ1v) is 6.88. The van der Waals surface area contributed by atoms with Crippen molar-refractivity contribution >= 4 is 0 Å². The van der Waals surface area contributed by atoms with Crippen LogP contribution in [0.2, 0.25) is 0 Å². The molecule has 5 heteroatoms. The van der Waals surface area contributed by atoms with Crippen molar-refractivity contribution in [1.29, 1.82) is 5.26 Å². The number of halogens is 2. The highest BCUT2D eigenvalue weighted by Crippen LogP contribution is 2.34. The molecule has 1 aliphatic carbocycles. The number of benzene rings is 1. The summed E-state index contributed by atoms with van der Waals surface area (Å²) in [6.45, 7) is 0. The number of nitriles is 1. The molecule has 106 valence electrons.